The van der Waals surface area contributed by atoms with Crippen LogP contribution in [0.25, 0.3) is 10.9 Å². The molecule has 0 aliphatic carbocycles. The van der Waals surface area contributed by atoms with Crippen molar-refractivity contribution in [1.29, 1.82) is 5.26 Å². The third-order valence-corrected chi connectivity index (χ3v) is 3.63. The fourth-order valence-electron chi connectivity index (χ4n) is 2.29. The Morgan fingerprint density at radius 1 is 1.04 bits per heavy atom. The molecular weight excluding hydrogens is 298 g/mol. The van der Waals surface area contributed by atoms with Gasteiger partial charge in [-0.25, -0.2) is 4.98 Å². The summed E-state index contributed by atoms with van der Waals surface area (Å²) >= 11 is 0. The Labute approximate surface area is 140 Å². The normalized spacial score (nSPS) is 11.1. The van der Waals surface area contributed by atoms with Gasteiger partial charge in [-0.1, -0.05) is 24.3 Å². The van der Waals surface area contributed by atoms with Gasteiger partial charge in [0.15, 0.2) is 5.71 Å². The summed E-state index contributed by atoms with van der Waals surface area (Å²) in [6, 6.07) is 21.4. The van der Waals surface area contributed by atoms with Gasteiger partial charge in [0.2, 0.25) is 0 Å². The van der Waals surface area contributed by atoms with Gasteiger partial charge < -0.3 is 4.90 Å². The van der Waals surface area contributed by atoms with Gasteiger partial charge in [0, 0.05) is 25.2 Å². The van der Waals surface area contributed by atoms with Crippen molar-refractivity contribution < 1.29 is 0 Å². The first-order valence-electron chi connectivity index (χ1n) is 7.55. The molecule has 1 N–H and O–H groups in total. The Kier molecular flexibility index (Phi) is 4.39. The van der Waals surface area contributed by atoms with E-state index in [2.05, 4.69) is 21.6 Å². The average molecular weight is 315 g/mol. The van der Waals surface area contributed by atoms with Crippen molar-refractivity contribution in [2.24, 2.45) is 5.10 Å². The van der Waals surface area contributed by atoms with Gasteiger partial charge in [0.25, 0.3) is 0 Å². The number of benzene rings is 2. The molecular formula is C19H17N5. The Bertz CT molecular complexity index is 920. The molecule has 1 heterocycles. The summed E-state index contributed by atoms with van der Waals surface area (Å²) in [5.74, 6) is 0. The second-order valence-electron chi connectivity index (χ2n) is 5.51. The average Bonchev–Trinajstić information content (AvgIpc) is 2.62. The summed E-state index contributed by atoms with van der Waals surface area (Å²) < 4.78 is 0. The molecule has 0 saturated heterocycles. The molecule has 3 aromatic rings. The first kappa shape index (κ1) is 15.5. The minimum absolute atomic E-state index is 0.248. The van der Waals surface area contributed by atoms with Crippen molar-refractivity contribution in [3.05, 3.63) is 66.4 Å². The molecule has 1 aromatic heterocycles. The highest BCUT2D eigenvalue weighted by molar-refractivity contribution is 6.11. The molecule has 0 radical (unpaired) electrons. The van der Waals surface area contributed by atoms with Crippen LogP contribution in [0.15, 0.2) is 65.8 Å². The second-order valence-corrected chi connectivity index (χ2v) is 5.51. The van der Waals surface area contributed by atoms with Crippen molar-refractivity contribution in [3.63, 3.8) is 0 Å². The number of nitriles is 1. The van der Waals surface area contributed by atoms with Crippen LogP contribution in [-0.4, -0.2) is 24.8 Å². The van der Waals surface area contributed by atoms with E-state index in [0.29, 0.717) is 5.69 Å². The minimum Gasteiger partial charge on any atom is -0.378 e. The molecule has 0 bridgehead atoms. The van der Waals surface area contributed by atoms with E-state index in [-0.39, 0.29) is 5.71 Å². The molecule has 0 aliphatic heterocycles. The number of anilines is 2. The van der Waals surface area contributed by atoms with Gasteiger partial charge in [-0.05, 0) is 36.4 Å². The predicted molar refractivity (Wildman–Crippen MR) is 98.3 cm³/mol. The number of hydrogen-bond donors (Lipinski definition) is 1. The highest BCUT2D eigenvalue weighted by atomic mass is 15.3. The number of rotatable bonds is 4. The maximum Gasteiger partial charge on any atom is 0.186 e. The smallest absolute Gasteiger partial charge is 0.186 e. The fourth-order valence-corrected chi connectivity index (χ4v) is 2.29. The molecule has 3 rings (SSSR count). The first-order valence-corrected chi connectivity index (χ1v) is 7.55. The van der Waals surface area contributed by atoms with Crippen molar-refractivity contribution in [1.82, 2.24) is 4.98 Å². The number of para-hydroxylation sites is 1. The standard InChI is InChI=1S/C19H17N5/c1-24(2)16-10-8-15(9-11-16)22-23-19(13-20)18-12-7-14-5-3-4-6-17(14)21-18/h3-12,22H,1-2H3/b23-19-. The molecule has 5 heteroatoms. The Balaban J connectivity index is 1.84. The first-order chi connectivity index (χ1) is 11.7. The van der Waals surface area contributed by atoms with Gasteiger partial charge in [0.1, 0.15) is 11.8 Å². The van der Waals surface area contributed by atoms with E-state index in [0.717, 1.165) is 22.3 Å². The number of hydrogen-bond acceptors (Lipinski definition) is 5. The Morgan fingerprint density at radius 2 is 1.79 bits per heavy atom. The third-order valence-electron chi connectivity index (χ3n) is 3.63. The van der Waals surface area contributed by atoms with E-state index in [4.69, 9.17) is 0 Å². The monoisotopic (exact) mass is 315 g/mol. The van der Waals surface area contributed by atoms with E-state index in [1.54, 1.807) is 6.07 Å². The number of aromatic nitrogens is 1. The van der Waals surface area contributed by atoms with Crippen molar-refractivity contribution in [2.45, 2.75) is 0 Å². The van der Waals surface area contributed by atoms with Crippen molar-refractivity contribution >= 4 is 28.0 Å². The predicted octanol–water partition coefficient (Wildman–Crippen LogP) is 3.64. The number of pyridine rings is 1. The van der Waals surface area contributed by atoms with E-state index in [1.165, 1.54) is 0 Å². The zero-order valence-electron chi connectivity index (χ0n) is 13.6. The highest BCUT2D eigenvalue weighted by Crippen LogP contribution is 2.16. The summed E-state index contributed by atoms with van der Waals surface area (Å²) in [5, 5.41) is 14.6. The number of nitrogens with one attached hydrogen (secondary N) is 1. The third kappa shape index (κ3) is 3.33. The maximum absolute atomic E-state index is 9.38. The molecule has 0 aliphatic rings. The largest absolute Gasteiger partial charge is 0.378 e. The molecule has 5 nitrogen and oxygen atoms in total. The lowest BCUT2D eigenvalue weighted by Gasteiger charge is -2.12. The van der Waals surface area contributed by atoms with Crippen LogP contribution >= 0.6 is 0 Å². The van der Waals surface area contributed by atoms with Crippen LogP contribution in [0.5, 0.6) is 0 Å². The van der Waals surface area contributed by atoms with Gasteiger partial charge in [0.05, 0.1) is 11.2 Å². The molecule has 0 atom stereocenters. The van der Waals surface area contributed by atoms with Crippen LogP contribution in [-0.2, 0) is 0 Å². The maximum atomic E-state index is 9.38. The van der Waals surface area contributed by atoms with E-state index >= 15 is 0 Å². The molecule has 24 heavy (non-hydrogen) atoms. The molecule has 0 spiro atoms. The summed E-state index contributed by atoms with van der Waals surface area (Å²) in [6.45, 7) is 0. The minimum atomic E-state index is 0.248. The number of hydrazone groups is 1. The van der Waals surface area contributed by atoms with Crippen molar-refractivity contribution in [2.75, 3.05) is 24.4 Å². The highest BCUT2D eigenvalue weighted by Gasteiger charge is 2.06. The molecule has 0 fully saturated rings. The van der Waals surface area contributed by atoms with E-state index in [1.807, 2.05) is 73.6 Å². The lowest BCUT2D eigenvalue weighted by atomic mass is 10.2. The summed E-state index contributed by atoms with van der Waals surface area (Å²) in [4.78, 5) is 6.52. The molecule has 0 saturated carbocycles. The zero-order chi connectivity index (χ0) is 16.9. The molecule has 0 amide bonds. The van der Waals surface area contributed by atoms with Crippen LogP contribution in [0.1, 0.15) is 5.69 Å². The van der Waals surface area contributed by atoms with Crippen molar-refractivity contribution in [3.8, 4) is 6.07 Å². The van der Waals surface area contributed by atoms with Crippen LogP contribution in [0.2, 0.25) is 0 Å². The fraction of sp³-hybridized carbons (Fsp3) is 0.105. The molecule has 2 aromatic carbocycles. The van der Waals surface area contributed by atoms with Gasteiger partial charge in [-0.3, -0.25) is 5.43 Å². The van der Waals surface area contributed by atoms with Gasteiger partial charge in [-0.2, -0.15) is 10.4 Å². The topological polar surface area (TPSA) is 64.3 Å². The quantitative estimate of drug-likeness (QED) is 0.590. The van der Waals surface area contributed by atoms with Crippen LogP contribution in [0.3, 0.4) is 0 Å². The molecule has 0 unspecified atom stereocenters. The second kappa shape index (κ2) is 6.80. The Hall–Kier alpha value is -3.39. The lowest BCUT2D eigenvalue weighted by molar-refractivity contribution is 1.13. The van der Waals surface area contributed by atoms with E-state index in [9.17, 15) is 5.26 Å². The SMILES string of the molecule is CN(C)c1ccc(N/N=C(/C#N)c2ccc3ccccc3n2)cc1. The number of fused-ring (bicyclic) bond motifs is 1. The van der Waals surface area contributed by atoms with Crippen LogP contribution < -0.4 is 10.3 Å². The zero-order valence-corrected chi connectivity index (χ0v) is 13.6. The summed E-state index contributed by atoms with van der Waals surface area (Å²) in [5.41, 5.74) is 6.47. The summed E-state index contributed by atoms with van der Waals surface area (Å²) in [7, 11) is 3.97. The van der Waals surface area contributed by atoms with Crippen LogP contribution in [0, 0.1) is 11.3 Å². The van der Waals surface area contributed by atoms with Gasteiger partial charge in [-0.15, -0.1) is 0 Å². The molecule has 118 valence electrons. The number of nitrogens with zero attached hydrogens (tertiary/aromatic N) is 4. The summed E-state index contributed by atoms with van der Waals surface area (Å²) in [6.07, 6.45) is 0. The van der Waals surface area contributed by atoms with Crippen LogP contribution in [0.4, 0.5) is 11.4 Å². The van der Waals surface area contributed by atoms with E-state index < -0.39 is 0 Å². The Morgan fingerprint density at radius 3 is 2.50 bits per heavy atom. The lowest BCUT2D eigenvalue weighted by Crippen LogP contribution is -2.08. The van der Waals surface area contributed by atoms with Gasteiger partial charge >= 0.3 is 0 Å².